The number of aromatic nitrogens is 1. The fourth-order valence-electron chi connectivity index (χ4n) is 2.94. The van der Waals surface area contributed by atoms with Crippen LogP contribution in [-0.2, 0) is 0 Å². The number of hydrogen-bond donors (Lipinski definition) is 0. The molecule has 3 heteroatoms. The Kier molecular flexibility index (Phi) is 3.24. The second-order valence-corrected chi connectivity index (χ2v) is 6.93. The fourth-order valence-corrected chi connectivity index (χ4v) is 3.49. The van der Waals surface area contributed by atoms with Crippen LogP contribution in [0.25, 0.3) is 10.9 Å². The SMILES string of the molecule is Clc1cccc([C@H]2C[C@@H]2c2ccc3ccc(Br)cc3n2)c1. The van der Waals surface area contributed by atoms with Gasteiger partial charge in [-0.15, -0.1) is 0 Å². The Hall–Kier alpha value is -1.38. The highest BCUT2D eigenvalue weighted by Crippen LogP contribution is 2.54. The molecule has 0 spiro atoms. The maximum atomic E-state index is 6.09. The first-order valence-corrected chi connectivity index (χ1v) is 8.19. The van der Waals surface area contributed by atoms with E-state index in [2.05, 4.69) is 58.4 Å². The van der Waals surface area contributed by atoms with E-state index in [-0.39, 0.29) is 0 Å². The van der Waals surface area contributed by atoms with Crippen molar-refractivity contribution in [3.05, 3.63) is 75.4 Å². The van der Waals surface area contributed by atoms with Crippen molar-refractivity contribution in [1.29, 1.82) is 0 Å². The van der Waals surface area contributed by atoms with E-state index in [1.54, 1.807) is 0 Å². The zero-order valence-corrected chi connectivity index (χ0v) is 13.6. The average Bonchev–Trinajstić information content (AvgIpc) is 3.27. The molecule has 1 heterocycles. The molecule has 0 saturated heterocycles. The number of hydrogen-bond acceptors (Lipinski definition) is 1. The zero-order valence-electron chi connectivity index (χ0n) is 11.3. The molecule has 1 fully saturated rings. The van der Waals surface area contributed by atoms with Crippen LogP contribution in [0.2, 0.25) is 5.02 Å². The number of nitrogens with zero attached hydrogens (tertiary/aromatic N) is 1. The summed E-state index contributed by atoms with van der Waals surface area (Å²) in [5, 5.41) is 2.00. The van der Waals surface area contributed by atoms with Crippen LogP contribution in [0.4, 0.5) is 0 Å². The van der Waals surface area contributed by atoms with Gasteiger partial charge in [0, 0.05) is 26.5 Å². The number of benzene rings is 2. The third-order valence-electron chi connectivity index (χ3n) is 4.12. The van der Waals surface area contributed by atoms with Gasteiger partial charge in [0.2, 0.25) is 0 Å². The van der Waals surface area contributed by atoms with Crippen LogP contribution in [-0.4, -0.2) is 4.98 Å². The van der Waals surface area contributed by atoms with E-state index >= 15 is 0 Å². The summed E-state index contributed by atoms with van der Waals surface area (Å²) in [4.78, 5) is 4.83. The Balaban J connectivity index is 1.66. The van der Waals surface area contributed by atoms with Gasteiger partial charge in [-0.2, -0.15) is 0 Å². The first-order valence-electron chi connectivity index (χ1n) is 7.02. The van der Waals surface area contributed by atoms with E-state index in [1.165, 1.54) is 16.6 Å². The van der Waals surface area contributed by atoms with Crippen LogP contribution >= 0.6 is 27.5 Å². The summed E-state index contributed by atoms with van der Waals surface area (Å²) in [7, 11) is 0. The highest BCUT2D eigenvalue weighted by Gasteiger charge is 2.40. The summed E-state index contributed by atoms with van der Waals surface area (Å²) in [5.74, 6) is 1.08. The van der Waals surface area contributed by atoms with Crippen LogP contribution in [0.1, 0.15) is 29.5 Å². The number of fused-ring (bicyclic) bond motifs is 1. The third kappa shape index (κ3) is 2.58. The Morgan fingerprint density at radius 1 is 1.00 bits per heavy atom. The smallest absolute Gasteiger partial charge is 0.0716 e. The molecule has 1 nitrogen and oxygen atoms in total. The summed E-state index contributed by atoms with van der Waals surface area (Å²) in [5.41, 5.74) is 3.56. The van der Waals surface area contributed by atoms with Crippen molar-refractivity contribution < 1.29 is 0 Å². The predicted octanol–water partition coefficient (Wildman–Crippen LogP) is 5.92. The van der Waals surface area contributed by atoms with Crippen molar-refractivity contribution in [3.8, 4) is 0 Å². The molecule has 1 aliphatic carbocycles. The molecule has 2 aromatic carbocycles. The molecule has 4 rings (SSSR count). The van der Waals surface area contributed by atoms with Crippen molar-refractivity contribution in [2.45, 2.75) is 18.3 Å². The van der Waals surface area contributed by atoms with Gasteiger partial charge in [0.25, 0.3) is 0 Å². The lowest BCUT2D eigenvalue weighted by atomic mass is 10.1. The average molecular weight is 359 g/mol. The molecule has 104 valence electrons. The second kappa shape index (κ2) is 5.11. The quantitative estimate of drug-likeness (QED) is 0.554. The minimum Gasteiger partial charge on any atom is -0.252 e. The Bertz CT molecular complexity index is 830. The highest BCUT2D eigenvalue weighted by atomic mass is 79.9. The van der Waals surface area contributed by atoms with E-state index in [0.717, 1.165) is 21.4 Å². The molecule has 1 aliphatic rings. The van der Waals surface area contributed by atoms with Crippen LogP contribution in [0.5, 0.6) is 0 Å². The molecule has 1 aromatic heterocycles. The zero-order chi connectivity index (χ0) is 14.4. The van der Waals surface area contributed by atoms with Crippen LogP contribution in [0.15, 0.2) is 59.1 Å². The van der Waals surface area contributed by atoms with Gasteiger partial charge in [0.1, 0.15) is 0 Å². The molecule has 0 aliphatic heterocycles. The molecule has 2 atom stereocenters. The van der Waals surface area contributed by atoms with Crippen molar-refractivity contribution in [1.82, 2.24) is 4.98 Å². The van der Waals surface area contributed by atoms with E-state index in [4.69, 9.17) is 16.6 Å². The first kappa shape index (κ1) is 13.3. The summed E-state index contributed by atoms with van der Waals surface area (Å²) in [6, 6.07) is 18.7. The van der Waals surface area contributed by atoms with Crippen LogP contribution in [0.3, 0.4) is 0 Å². The van der Waals surface area contributed by atoms with Gasteiger partial charge in [0.05, 0.1) is 5.52 Å². The lowest BCUT2D eigenvalue weighted by molar-refractivity contribution is 0.979. The number of halogens is 2. The van der Waals surface area contributed by atoms with E-state index in [1.807, 2.05) is 12.1 Å². The van der Waals surface area contributed by atoms with Gasteiger partial charge < -0.3 is 0 Å². The molecule has 21 heavy (non-hydrogen) atoms. The minimum atomic E-state index is 0.520. The first-order chi connectivity index (χ1) is 10.2. The minimum absolute atomic E-state index is 0.520. The maximum Gasteiger partial charge on any atom is 0.0716 e. The van der Waals surface area contributed by atoms with Crippen molar-refractivity contribution >= 4 is 38.4 Å². The maximum absolute atomic E-state index is 6.09. The van der Waals surface area contributed by atoms with E-state index in [0.29, 0.717) is 11.8 Å². The predicted molar refractivity (Wildman–Crippen MR) is 91.0 cm³/mol. The Morgan fingerprint density at radius 2 is 1.86 bits per heavy atom. The fraction of sp³-hybridized carbons (Fsp3) is 0.167. The third-order valence-corrected chi connectivity index (χ3v) is 4.85. The van der Waals surface area contributed by atoms with Gasteiger partial charge in [-0.05, 0) is 48.2 Å². The molecular formula is C18H13BrClN. The molecule has 0 N–H and O–H groups in total. The standard InChI is InChI=1S/C18H13BrClN/c19-13-6-4-11-5-7-17(21-18(11)9-13)16-10-15(16)12-2-1-3-14(20)8-12/h1-9,15-16H,10H2/t15-,16+/m1/s1. The van der Waals surface area contributed by atoms with Crippen LogP contribution < -0.4 is 0 Å². The molecular weight excluding hydrogens is 346 g/mol. The van der Waals surface area contributed by atoms with Gasteiger partial charge in [0.15, 0.2) is 0 Å². The largest absolute Gasteiger partial charge is 0.252 e. The normalized spacial score (nSPS) is 20.7. The molecule has 0 bridgehead atoms. The van der Waals surface area contributed by atoms with Gasteiger partial charge in [-0.25, -0.2) is 0 Å². The Morgan fingerprint density at radius 3 is 2.71 bits per heavy atom. The topological polar surface area (TPSA) is 12.9 Å². The lowest BCUT2D eigenvalue weighted by Crippen LogP contribution is -1.90. The summed E-state index contributed by atoms with van der Waals surface area (Å²) < 4.78 is 1.07. The Labute approximate surface area is 137 Å². The number of rotatable bonds is 2. The molecule has 3 aromatic rings. The lowest BCUT2D eigenvalue weighted by Gasteiger charge is -2.04. The summed E-state index contributed by atoms with van der Waals surface area (Å²) >= 11 is 9.60. The van der Waals surface area contributed by atoms with Crippen molar-refractivity contribution in [2.75, 3.05) is 0 Å². The van der Waals surface area contributed by atoms with E-state index < -0.39 is 0 Å². The van der Waals surface area contributed by atoms with Gasteiger partial charge in [-0.3, -0.25) is 4.98 Å². The van der Waals surface area contributed by atoms with Crippen molar-refractivity contribution in [2.24, 2.45) is 0 Å². The van der Waals surface area contributed by atoms with Crippen LogP contribution in [0, 0.1) is 0 Å². The molecule has 1 saturated carbocycles. The monoisotopic (exact) mass is 357 g/mol. The summed E-state index contributed by atoms with van der Waals surface area (Å²) in [6.45, 7) is 0. The second-order valence-electron chi connectivity index (χ2n) is 5.58. The summed E-state index contributed by atoms with van der Waals surface area (Å²) in [6.07, 6.45) is 1.16. The van der Waals surface area contributed by atoms with E-state index in [9.17, 15) is 0 Å². The van der Waals surface area contributed by atoms with Crippen molar-refractivity contribution in [3.63, 3.8) is 0 Å². The van der Waals surface area contributed by atoms with Gasteiger partial charge in [-0.1, -0.05) is 51.8 Å². The molecule has 0 radical (unpaired) electrons. The molecule has 0 unspecified atom stereocenters. The molecule has 0 amide bonds. The van der Waals surface area contributed by atoms with Gasteiger partial charge >= 0.3 is 0 Å². The number of pyridine rings is 1. The highest BCUT2D eigenvalue weighted by molar-refractivity contribution is 9.10.